The first-order valence-electron chi connectivity index (χ1n) is 13.3. The van der Waals surface area contributed by atoms with Crippen LogP contribution in [0.25, 0.3) is 10.9 Å². The van der Waals surface area contributed by atoms with Crippen molar-refractivity contribution in [1.29, 1.82) is 5.26 Å². The number of benzene rings is 1. The number of hydrogen-bond acceptors (Lipinski definition) is 7. The Balaban J connectivity index is 1.66. The number of rotatable bonds is 7. The van der Waals surface area contributed by atoms with Crippen LogP contribution in [-0.4, -0.2) is 44.7 Å². The van der Waals surface area contributed by atoms with E-state index in [1.807, 2.05) is 6.07 Å². The van der Waals surface area contributed by atoms with Crippen LogP contribution in [0.3, 0.4) is 0 Å². The van der Waals surface area contributed by atoms with Gasteiger partial charge in [-0.1, -0.05) is 43.7 Å². The molecule has 5 rings (SSSR count). The Bertz CT molecular complexity index is 1700. The van der Waals surface area contributed by atoms with Crippen molar-refractivity contribution >= 4 is 33.9 Å². The molecule has 3 aromatic heterocycles. The minimum absolute atomic E-state index is 0.0875. The highest BCUT2D eigenvalue weighted by Gasteiger charge is 2.66. The Labute approximate surface area is 245 Å². The third-order valence-electron chi connectivity index (χ3n) is 7.49. The molecule has 1 aliphatic rings. The monoisotopic (exact) mass is 600 g/mol. The number of halogens is 5. The molecule has 1 N–H and O–H groups in total. The average molecular weight is 601 g/mol. The predicted molar refractivity (Wildman–Crippen MR) is 152 cm³/mol. The Morgan fingerprint density at radius 3 is 2.52 bits per heavy atom. The largest absolute Gasteiger partial charge is 0.413 e. The lowest BCUT2D eigenvalue weighted by molar-refractivity contribution is -0.182. The van der Waals surface area contributed by atoms with Gasteiger partial charge < -0.3 is 10.2 Å². The summed E-state index contributed by atoms with van der Waals surface area (Å²) in [5, 5.41) is 22.1. The van der Waals surface area contributed by atoms with Crippen molar-refractivity contribution in [2.45, 2.75) is 58.3 Å². The van der Waals surface area contributed by atoms with E-state index in [2.05, 4.69) is 52.4 Å². The van der Waals surface area contributed by atoms with Gasteiger partial charge in [-0.05, 0) is 43.4 Å². The first-order chi connectivity index (χ1) is 19.6. The van der Waals surface area contributed by atoms with Gasteiger partial charge in [0.25, 0.3) is 0 Å². The lowest BCUT2D eigenvalue weighted by Crippen LogP contribution is -2.35. The van der Waals surface area contributed by atoms with Crippen LogP contribution in [0.5, 0.6) is 0 Å². The zero-order valence-electron chi connectivity index (χ0n) is 23.7. The molecule has 0 saturated heterocycles. The second kappa shape index (κ2) is 10.4. The fourth-order valence-electron chi connectivity index (χ4n) is 5.00. The molecule has 0 aliphatic heterocycles. The van der Waals surface area contributed by atoms with Gasteiger partial charge in [-0.15, -0.1) is 5.10 Å². The minimum Gasteiger partial charge on any atom is -0.383 e. The van der Waals surface area contributed by atoms with E-state index >= 15 is 0 Å². The quantitative estimate of drug-likeness (QED) is 0.181. The van der Waals surface area contributed by atoms with E-state index in [9.17, 15) is 22.8 Å². The molecule has 220 valence electrons. The fourth-order valence-corrected chi connectivity index (χ4v) is 5.26. The second-order valence-corrected chi connectivity index (χ2v) is 12.2. The van der Waals surface area contributed by atoms with Crippen LogP contribution in [0.2, 0.25) is 5.02 Å². The molecule has 1 fully saturated rings. The standard InChI is InChI=1S/C29H29ClF4N8/c1-16-19(6-7-23(31)38-16)26(22-14-42(40-39-22)28(8-9-28)29(32,33)34)41(5)18-10-20-24(37-15-27(2,3)4)17(12-35)13-36-25(20)21(30)11-18/h6-7,10-11,13-14,26H,8-9,15H2,1-5H3,(H,36,37)/t26-/m0/s1. The number of nitrogens with one attached hydrogen (secondary N) is 1. The molecule has 4 aromatic rings. The normalized spacial score (nSPS) is 15.4. The van der Waals surface area contributed by atoms with Crippen LogP contribution in [0.15, 0.2) is 36.7 Å². The van der Waals surface area contributed by atoms with Crippen molar-refractivity contribution < 1.29 is 17.6 Å². The van der Waals surface area contributed by atoms with Crippen molar-refractivity contribution in [3.63, 3.8) is 0 Å². The maximum absolute atomic E-state index is 14.0. The van der Waals surface area contributed by atoms with Crippen molar-refractivity contribution in [1.82, 2.24) is 25.0 Å². The summed E-state index contributed by atoms with van der Waals surface area (Å²) >= 11 is 6.72. The highest BCUT2D eigenvalue weighted by molar-refractivity contribution is 6.35. The molecule has 13 heteroatoms. The maximum atomic E-state index is 14.0. The minimum atomic E-state index is -4.49. The number of pyridine rings is 2. The molecule has 0 radical (unpaired) electrons. The number of aromatic nitrogens is 5. The summed E-state index contributed by atoms with van der Waals surface area (Å²) in [5.74, 6) is -0.686. The van der Waals surface area contributed by atoms with E-state index in [1.54, 1.807) is 24.9 Å². The van der Waals surface area contributed by atoms with E-state index in [0.717, 1.165) is 4.68 Å². The van der Waals surface area contributed by atoms with Gasteiger partial charge in [-0.3, -0.25) is 4.98 Å². The molecule has 0 amide bonds. The van der Waals surface area contributed by atoms with Crippen molar-refractivity contribution in [2.75, 3.05) is 23.8 Å². The van der Waals surface area contributed by atoms with Crippen LogP contribution >= 0.6 is 11.6 Å². The van der Waals surface area contributed by atoms with Gasteiger partial charge in [0.1, 0.15) is 17.8 Å². The molecule has 0 spiro atoms. The lowest BCUT2D eigenvalue weighted by Gasteiger charge is -2.30. The third-order valence-corrected chi connectivity index (χ3v) is 7.78. The molecule has 1 aliphatic carbocycles. The Morgan fingerprint density at radius 2 is 1.93 bits per heavy atom. The molecule has 0 unspecified atom stereocenters. The van der Waals surface area contributed by atoms with Crippen LogP contribution in [0.4, 0.5) is 28.9 Å². The van der Waals surface area contributed by atoms with Gasteiger partial charge in [0, 0.05) is 42.1 Å². The highest BCUT2D eigenvalue weighted by atomic mass is 35.5. The van der Waals surface area contributed by atoms with E-state index < -0.39 is 23.7 Å². The smallest absolute Gasteiger partial charge is 0.383 e. The first-order valence-corrected chi connectivity index (χ1v) is 13.6. The van der Waals surface area contributed by atoms with E-state index in [0.29, 0.717) is 50.7 Å². The molecule has 1 atom stereocenters. The van der Waals surface area contributed by atoms with Crippen LogP contribution in [0.1, 0.15) is 62.2 Å². The Hall–Kier alpha value is -3.98. The van der Waals surface area contributed by atoms with Crippen LogP contribution < -0.4 is 10.2 Å². The van der Waals surface area contributed by atoms with Gasteiger partial charge in [-0.25, -0.2) is 9.67 Å². The molecule has 1 aromatic carbocycles. The summed E-state index contributed by atoms with van der Waals surface area (Å²) in [6, 6.07) is 7.58. The predicted octanol–water partition coefficient (Wildman–Crippen LogP) is 6.93. The third kappa shape index (κ3) is 5.33. The topological polar surface area (TPSA) is 95.6 Å². The zero-order chi connectivity index (χ0) is 30.6. The van der Waals surface area contributed by atoms with E-state index in [-0.39, 0.29) is 24.0 Å². The molecule has 3 heterocycles. The van der Waals surface area contributed by atoms with Crippen LogP contribution in [-0.2, 0) is 5.54 Å². The van der Waals surface area contributed by atoms with Gasteiger partial charge in [0.15, 0.2) is 5.54 Å². The zero-order valence-corrected chi connectivity index (χ0v) is 24.4. The Morgan fingerprint density at radius 1 is 1.21 bits per heavy atom. The number of nitriles is 1. The molecule has 42 heavy (non-hydrogen) atoms. The number of anilines is 2. The summed E-state index contributed by atoms with van der Waals surface area (Å²) in [5.41, 5.74) is 0.836. The summed E-state index contributed by atoms with van der Waals surface area (Å²) in [4.78, 5) is 10.1. The number of fused-ring (bicyclic) bond motifs is 1. The highest BCUT2D eigenvalue weighted by Crippen LogP contribution is 2.55. The maximum Gasteiger partial charge on any atom is 0.413 e. The molecule has 1 saturated carbocycles. The summed E-state index contributed by atoms with van der Waals surface area (Å²) in [6.07, 6.45) is -1.91. The van der Waals surface area contributed by atoms with Gasteiger partial charge in [0.2, 0.25) is 5.95 Å². The number of nitrogens with zero attached hydrogens (tertiary/aromatic N) is 7. The summed E-state index contributed by atoms with van der Waals surface area (Å²) < 4.78 is 56.5. The second-order valence-electron chi connectivity index (χ2n) is 11.8. The first kappa shape index (κ1) is 29.5. The van der Waals surface area contributed by atoms with Crippen molar-refractivity contribution in [3.05, 3.63) is 70.1 Å². The van der Waals surface area contributed by atoms with Gasteiger partial charge in [0.05, 0.1) is 28.0 Å². The van der Waals surface area contributed by atoms with Crippen molar-refractivity contribution in [3.8, 4) is 6.07 Å². The SMILES string of the molecule is Cc1nc(F)ccc1[C@@H](c1cn(C2(C(F)(F)F)CC2)nn1)N(C)c1cc(Cl)c2ncc(C#N)c(NCC(C)(C)C)c2c1. The van der Waals surface area contributed by atoms with Crippen LogP contribution in [0, 0.1) is 29.6 Å². The van der Waals surface area contributed by atoms with Crippen molar-refractivity contribution in [2.24, 2.45) is 5.41 Å². The fraction of sp³-hybridized carbons (Fsp3) is 0.414. The molecule has 8 nitrogen and oxygen atoms in total. The average Bonchev–Trinajstić information content (AvgIpc) is 3.60. The number of hydrogen-bond donors (Lipinski definition) is 1. The number of alkyl halides is 3. The molecule has 0 bridgehead atoms. The van der Waals surface area contributed by atoms with E-state index in [1.165, 1.54) is 24.5 Å². The summed E-state index contributed by atoms with van der Waals surface area (Å²) in [7, 11) is 1.73. The molecular weight excluding hydrogens is 572 g/mol. The lowest BCUT2D eigenvalue weighted by atomic mass is 9.96. The molecular formula is C29H29ClF4N8. The van der Waals surface area contributed by atoms with Gasteiger partial charge in [-0.2, -0.15) is 22.8 Å². The van der Waals surface area contributed by atoms with Gasteiger partial charge >= 0.3 is 6.18 Å². The Kier molecular flexibility index (Phi) is 7.29. The van der Waals surface area contributed by atoms with E-state index in [4.69, 9.17) is 11.6 Å². The number of aryl methyl sites for hydroxylation is 1. The summed E-state index contributed by atoms with van der Waals surface area (Å²) in [6.45, 7) is 8.35.